The van der Waals surface area contributed by atoms with Crippen LogP contribution in [0.25, 0.3) is 0 Å². The third kappa shape index (κ3) is 7.68. The number of hydrogen-bond donors (Lipinski definition) is 3. The summed E-state index contributed by atoms with van der Waals surface area (Å²) in [7, 11) is 2.00. The zero-order chi connectivity index (χ0) is 31.4. The number of urea groups is 1. The Morgan fingerprint density at radius 2 is 1.73 bits per heavy atom. The van der Waals surface area contributed by atoms with E-state index in [1.54, 1.807) is 47.4 Å². The van der Waals surface area contributed by atoms with E-state index in [2.05, 4.69) is 15.5 Å². The van der Waals surface area contributed by atoms with Gasteiger partial charge in [-0.15, -0.1) is 0 Å². The third-order valence-electron chi connectivity index (χ3n) is 7.73. The van der Waals surface area contributed by atoms with Crippen LogP contribution in [0.15, 0.2) is 54.6 Å². The minimum atomic E-state index is -0.454. The first kappa shape index (κ1) is 31.7. The van der Waals surface area contributed by atoms with Gasteiger partial charge in [-0.1, -0.05) is 36.2 Å². The number of likely N-dealkylation sites (N-methyl/N-ethyl adjacent to an activating group) is 1. The van der Waals surface area contributed by atoms with Crippen molar-refractivity contribution in [3.63, 3.8) is 0 Å². The summed E-state index contributed by atoms with van der Waals surface area (Å²) in [5.74, 6) is 1.56. The molecule has 12 heteroatoms. The first-order valence-electron chi connectivity index (χ1n) is 14.4. The van der Waals surface area contributed by atoms with E-state index in [4.69, 9.17) is 37.4 Å². The van der Waals surface area contributed by atoms with Crippen LogP contribution >= 0.6 is 23.2 Å². The molecule has 0 aromatic heterocycles. The highest BCUT2D eigenvalue weighted by Gasteiger charge is 2.31. The van der Waals surface area contributed by atoms with Gasteiger partial charge >= 0.3 is 6.03 Å². The largest absolute Gasteiger partial charge is 0.488 e. The van der Waals surface area contributed by atoms with Gasteiger partial charge in [-0.3, -0.25) is 9.69 Å². The number of aliphatic hydroxyl groups is 1. The molecule has 0 fully saturated rings. The smallest absolute Gasteiger partial charge is 0.323 e. The van der Waals surface area contributed by atoms with Crippen molar-refractivity contribution in [3.8, 4) is 17.2 Å². The molecule has 3 amide bonds. The van der Waals surface area contributed by atoms with Gasteiger partial charge in [0.05, 0.1) is 29.1 Å². The number of ether oxygens (including phenoxy) is 3. The summed E-state index contributed by atoms with van der Waals surface area (Å²) >= 11 is 12.3. The number of carbonyl (C=O) groups excluding carboxylic acids is 2. The number of benzene rings is 3. The molecule has 3 aromatic carbocycles. The Balaban J connectivity index is 1.34. The number of rotatable bonds is 8. The Morgan fingerprint density at radius 1 is 1.02 bits per heavy atom. The molecule has 0 aliphatic carbocycles. The molecule has 0 bridgehead atoms. The highest BCUT2D eigenvalue weighted by atomic mass is 35.5. The lowest BCUT2D eigenvalue weighted by atomic mass is 10.0. The predicted octanol–water partition coefficient (Wildman–Crippen LogP) is 5.65. The van der Waals surface area contributed by atoms with E-state index >= 15 is 0 Å². The van der Waals surface area contributed by atoms with E-state index in [1.807, 2.05) is 33.0 Å². The van der Waals surface area contributed by atoms with E-state index in [0.29, 0.717) is 63.9 Å². The molecule has 2 aliphatic heterocycles. The molecule has 2 aliphatic rings. The summed E-state index contributed by atoms with van der Waals surface area (Å²) < 4.78 is 17.3. The number of anilines is 2. The minimum Gasteiger partial charge on any atom is -0.488 e. The maximum atomic E-state index is 13.5. The van der Waals surface area contributed by atoms with Gasteiger partial charge in [0, 0.05) is 48.6 Å². The lowest BCUT2D eigenvalue weighted by Crippen LogP contribution is -2.47. The zero-order valence-electron chi connectivity index (χ0n) is 24.8. The van der Waals surface area contributed by atoms with Crippen molar-refractivity contribution in [2.24, 2.45) is 5.92 Å². The minimum absolute atomic E-state index is 0.0531. The second-order valence-electron chi connectivity index (χ2n) is 11.3. The number of amides is 3. The average molecular weight is 644 g/mol. The maximum Gasteiger partial charge on any atom is 0.323 e. The fraction of sp³-hybridized carbons (Fsp3) is 0.375. The van der Waals surface area contributed by atoms with Crippen LogP contribution in [0.5, 0.6) is 17.2 Å². The van der Waals surface area contributed by atoms with Crippen LogP contribution in [0.4, 0.5) is 16.2 Å². The van der Waals surface area contributed by atoms with Crippen molar-refractivity contribution in [1.82, 2.24) is 9.80 Å². The van der Waals surface area contributed by atoms with Crippen LogP contribution in [-0.2, 0) is 17.8 Å². The predicted molar refractivity (Wildman–Crippen MR) is 170 cm³/mol. The van der Waals surface area contributed by atoms with E-state index < -0.39 is 6.03 Å². The first-order chi connectivity index (χ1) is 21.1. The lowest BCUT2D eigenvalue weighted by molar-refractivity contribution is -0.134. The molecule has 5 rings (SSSR count). The monoisotopic (exact) mass is 642 g/mol. The molecule has 2 heterocycles. The average Bonchev–Trinajstić information content (AvgIpc) is 3.46. The van der Waals surface area contributed by atoms with E-state index in [1.165, 1.54) is 0 Å². The van der Waals surface area contributed by atoms with Crippen LogP contribution in [0.2, 0.25) is 10.0 Å². The van der Waals surface area contributed by atoms with Gasteiger partial charge in [0.15, 0.2) is 11.5 Å². The molecule has 10 nitrogen and oxygen atoms in total. The van der Waals surface area contributed by atoms with Crippen LogP contribution in [0.1, 0.15) is 25.0 Å². The van der Waals surface area contributed by atoms with Crippen LogP contribution in [0.3, 0.4) is 0 Å². The van der Waals surface area contributed by atoms with Crippen LogP contribution < -0.4 is 24.8 Å². The summed E-state index contributed by atoms with van der Waals surface area (Å²) in [6.45, 7) is 5.46. The molecule has 234 valence electrons. The molecule has 0 unspecified atom stereocenters. The van der Waals surface area contributed by atoms with E-state index in [0.717, 1.165) is 5.56 Å². The Hall–Kier alpha value is -3.70. The maximum absolute atomic E-state index is 13.5. The topological polar surface area (TPSA) is 113 Å². The number of hydrogen-bond acceptors (Lipinski definition) is 7. The first-order valence-corrected chi connectivity index (χ1v) is 15.1. The van der Waals surface area contributed by atoms with Gasteiger partial charge in [-0.05, 0) is 62.0 Å². The van der Waals surface area contributed by atoms with Crippen molar-refractivity contribution < 1.29 is 28.9 Å². The fourth-order valence-corrected chi connectivity index (χ4v) is 5.64. The molecule has 3 N–H and O–H groups in total. The SMILES string of the molecule is C[C@@H]1CN([C@@H](C)CO)C(=O)Cc2cc(NC(=O)Nc3ccc4c(c3)OCO4)ccc2O[C@@H]1CN(C)Cc1ccc(Cl)c(Cl)c1. The molecular formula is C32H36Cl2N4O6. The normalized spacial score (nSPS) is 18.5. The summed E-state index contributed by atoms with van der Waals surface area (Å²) in [5.41, 5.74) is 2.69. The van der Waals surface area contributed by atoms with Gasteiger partial charge in [0.25, 0.3) is 0 Å². The third-order valence-corrected chi connectivity index (χ3v) is 8.47. The Kier molecular flexibility index (Phi) is 10.1. The van der Waals surface area contributed by atoms with Gasteiger partial charge in [-0.25, -0.2) is 4.79 Å². The molecule has 44 heavy (non-hydrogen) atoms. The van der Waals surface area contributed by atoms with Crippen LogP contribution in [0, 0.1) is 5.92 Å². The van der Waals surface area contributed by atoms with Crippen molar-refractivity contribution >= 4 is 46.5 Å². The van der Waals surface area contributed by atoms with Crippen molar-refractivity contribution in [3.05, 3.63) is 75.8 Å². The standard InChI is InChI=1S/C32H36Cl2N4O6/c1-19-14-38(20(2)17-39)31(40)12-22-11-23(35-32(41)36-24-6-9-28-29(13-24)43-18-42-28)5-8-27(22)44-30(19)16-37(3)15-21-4-7-25(33)26(34)10-21/h4-11,13,19-20,30,39H,12,14-18H2,1-3H3,(H2,35,36,41)/t19-,20+,30-/m1/s1. The number of carbonyl (C=O) groups is 2. The van der Waals surface area contributed by atoms with Crippen molar-refractivity contribution in [2.45, 2.75) is 39.0 Å². The van der Waals surface area contributed by atoms with Gasteiger partial charge in [-0.2, -0.15) is 0 Å². The molecule has 0 radical (unpaired) electrons. The summed E-state index contributed by atoms with van der Waals surface area (Å²) in [4.78, 5) is 30.2. The lowest BCUT2D eigenvalue weighted by Gasteiger charge is -2.34. The number of nitrogens with one attached hydrogen (secondary N) is 2. The molecule has 0 saturated heterocycles. The van der Waals surface area contributed by atoms with Gasteiger partial charge < -0.3 is 34.9 Å². The molecule has 0 spiro atoms. The zero-order valence-corrected chi connectivity index (χ0v) is 26.3. The van der Waals surface area contributed by atoms with Crippen LogP contribution in [-0.4, -0.2) is 72.5 Å². The highest BCUT2D eigenvalue weighted by molar-refractivity contribution is 6.42. The Labute approximate surface area is 266 Å². The summed E-state index contributed by atoms with van der Waals surface area (Å²) in [6, 6.07) is 15.2. The molecule has 0 saturated carbocycles. The summed E-state index contributed by atoms with van der Waals surface area (Å²) in [5, 5.41) is 16.6. The number of halogens is 2. The second-order valence-corrected chi connectivity index (χ2v) is 12.1. The number of aliphatic hydroxyl groups excluding tert-OH is 1. The van der Waals surface area contributed by atoms with E-state index in [-0.39, 0.29) is 43.8 Å². The van der Waals surface area contributed by atoms with Crippen molar-refractivity contribution in [2.75, 3.05) is 44.2 Å². The fourth-order valence-electron chi connectivity index (χ4n) is 5.31. The van der Waals surface area contributed by atoms with Gasteiger partial charge in [0.1, 0.15) is 11.9 Å². The Morgan fingerprint density at radius 3 is 2.45 bits per heavy atom. The molecule has 3 atom stereocenters. The quantitative estimate of drug-likeness (QED) is 0.291. The Bertz CT molecular complexity index is 1520. The highest BCUT2D eigenvalue weighted by Crippen LogP contribution is 2.34. The number of fused-ring (bicyclic) bond motifs is 2. The molecular weight excluding hydrogens is 607 g/mol. The molecule has 3 aromatic rings. The van der Waals surface area contributed by atoms with E-state index in [9.17, 15) is 14.7 Å². The van der Waals surface area contributed by atoms with Gasteiger partial charge in [0.2, 0.25) is 12.7 Å². The number of nitrogens with zero attached hydrogens (tertiary/aromatic N) is 2. The van der Waals surface area contributed by atoms with Crippen molar-refractivity contribution in [1.29, 1.82) is 0 Å². The second kappa shape index (κ2) is 13.9. The summed E-state index contributed by atoms with van der Waals surface area (Å²) in [6.07, 6.45) is -0.230.